The average Bonchev–Trinajstić information content (AvgIpc) is 2.45. The van der Waals surface area contributed by atoms with E-state index in [0.29, 0.717) is 30.2 Å². The zero-order valence-electron chi connectivity index (χ0n) is 11.9. The normalized spacial score (nSPS) is 9.95. The molecule has 0 radical (unpaired) electrons. The first-order valence-electron chi connectivity index (χ1n) is 6.16. The average molecular weight is 281 g/mol. The van der Waals surface area contributed by atoms with Crippen LogP contribution in [0.5, 0.6) is 11.5 Å². The van der Waals surface area contributed by atoms with Gasteiger partial charge in [0.2, 0.25) is 0 Å². The Kier molecular flexibility index (Phi) is 6.52. The maximum Gasteiger partial charge on any atom is 0.258 e. The number of amides is 1. The van der Waals surface area contributed by atoms with Crippen LogP contribution in [0.4, 0.5) is 0 Å². The lowest BCUT2D eigenvalue weighted by Crippen LogP contribution is -2.31. The van der Waals surface area contributed by atoms with Crippen molar-refractivity contribution in [3.8, 4) is 11.5 Å². The molecule has 20 heavy (non-hydrogen) atoms. The molecule has 0 aliphatic heterocycles. The monoisotopic (exact) mass is 281 g/mol. The topological polar surface area (TPSA) is 73.9 Å². The van der Waals surface area contributed by atoms with Gasteiger partial charge in [0.05, 0.1) is 13.7 Å². The Labute approximate surface area is 118 Å². The first-order chi connectivity index (χ1) is 9.58. The van der Waals surface area contributed by atoms with E-state index in [2.05, 4.69) is 5.32 Å². The van der Waals surface area contributed by atoms with Gasteiger partial charge in [-0.05, 0) is 25.1 Å². The molecule has 6 nitrogen and oxygen atoms in total. The third kappa shape index (κ3) is 4.89. The predicted octanol–water partition coefficient (Wildman–Crippen LogP) is 1.04. The Morgan fingerprint density at radius 3 is 2.55 bits per heavy atom. The first kappa shape index (κ1) is 16.0. The molecule has 110 valence electrons. The van der Waals surface area contributed by atoms with Crippen molar-refractivity contribution >= 4 is 11.7 Å². The van der Waals surface area contributed by atoms with Crippen LogP contribution in [0.2, 0.25) is 0 Å². The molecule has 0 atom stereocenters. The molecule has 0 fully saturated rings. The van der Waals surface area contributed by atoms with Crippen LogP contribution in [-0.2, 0) is 9.53 Å². The Morgan fingerprint density at radius 2 is 1.95 bits per heavy atom. The lowest BCUT2D eigenvalue weighted by Gasteiger charge is -2.11. The Bertz CT molecular complexity index is 473. The highest BCUT2D eigenvalue weighted by atomic mass is 16.5. The van der Waals surface area contributed by atoms with Gasteiger partial charge in [0.25, 0.3) is 5.91 Å². The van der Waals surface area contributed by atoms with Crippen molar-refractivity contribution in [3.63, 3.8) is 0 Å². The van der Waals surface area contributed by atoms with Gasteiger partial charge in [0.15, 0.2) is 23.9 Å². The molecule has 1 aromatic rings. The van der Waals surface area contributed by atoms with Crippen molar-refractivity contribution in [2.45, 2.75) is 6.92 Å². The van der Waals surface area contributed by atoms with E-state index in [0.717, 1.165) is 0 Å². The van der Waals surface area contributed by atoms with Crippen LogP contribution in [0.25, 0.3) is 0 Å². The molecule has 0 aliphatic carbocycles. The molecule has 1 rings (SSSR count). The molecular formula is C14H19NO5. The smallest absolute Gasteiger partial charge is 0.258 e. The number of methoxy groups -OCH3 is 2. The van der Waals surface area contributed by atoms with Gasteiger partial charge in [0, 0.05) is 19.2 Å². The molecule has 0 aliphatic rings. The highest BCUT2D eigenvalue weighted by Gasteiger charge is 2.10. The summed E-state index contributed by atoms with van der Waals surface area (Å²) in [5.74, 6) is 0.522. The van der Waals surface area contributed by atoms with Crippen LogP contribution in [0.1, 0.15) is 17.3 Å². The maximum absolute atomic E-state index is 11.5. The zero-order valence-corrected chi connectivity index (χ0v) is 11.9. The molecule has 6 heteroatoms. The number of rotatable bonds is 8. The minimum absolute atomic E-state index is 0.0628. The molecule has 1 amide bonds. The fourth-order valence-electron chi connectivity index (χ4n) is 1.49. The third-order valence-corrected chi connectivity index (χ3v) is 2.56. The van der Waals surface area contributed by atoms with Crippen molar-refractivity contribution in [3.05, 3.63) is 23.8 Å². The van der Waals surface area contributed by atoms with Crippen molar-refractivity contribution in [1.29, 1.82) is 0 Å². The summed E-state index contributed by atoms with van der Waals surface area (Å²) in [6.45, 7) is 2.22. The van der Waals surface area contributed by atoms with Crippen molar-refractivity contribution in [2.75, 3.05) is 34.0 Å². The van der Waals surface area contributed by atoms with Crippen LogP contribution < -0.4 is 14.8 Å². The van der Waals surface area contributed by atoms with E-state index in [-0.39, 0.29) is 18.3 Å². The molecule has 0 spiro atoms. The van der Waals surface area contributed by atoms with E-state index in [1.54, 1.807) is 25.3 Å². The van der Waals surface area contributed by atoms with Gasteiger partial charge in [-0.1, -0.05) is 0 Å². The Morgan fingerprint density at radius 1 is 1.20 bits per heavy atom. The summed E-state index contributed by atoms with van der Waals surface area (Å²) in [5, 5.41) is 2.64. The number of carbonyl (C=O) groups excluding carboxylic acids is 2. The minimum atomic E-state index is -0.250. The second kappa shape index (κ2) is 8.16. The highest BCUT2D eigenvalue weighted by molar-refractivity contribution is 5.94. The number of nitrogens with one attached hydrogen (secondary N) is 1. The molecule has 0 unspecified atom stereocenters. The molecule has 0 saturated heterocycles. The predicted molar refractivity (Wildman–Crippen MR) is 73.4 cm³/mol. The molecule has 0 aromatic heterocycles. The van der Waals surface area contributed by atoms with Crippen LogP contribution in [0, 0.1) is 0 Å². The van der Waals surface area contributed by atoms with E-state index in [9.17, 15) is 9.59 Å². The summed E-state index contributed by atoms with van der Waals surface area (Å²) < 4.78 is 15.3. The molecule has 1 aromatic carbocycles. The summed E-state index contributed by atoms with van der Waals surface area (Å²) in [7, 11) is 3.04. The van der Waals surface area contributed by atoms with Gasteiger partial charge in [0.1, 0.15) is 0 Å². The third-order valence-electron chi connectivity index (χ3n) is 2.56. The summed E-state index contributed by atoms with van der Waals surface area (Å²) in [4.78, 5) is 22.7. The first-order valence-corrected chi connectivity index (χ1v) is 6.16. The second-order valence-electron chi connectivity index (χ2n) is 4.05. The number of hydrogen-bond acceptors (Lipinski definition) is 5. The standard InChI is InChI=1S/C14H19NO5/c1-10(16)11-4-5-12(13(8-11)19-3)20-9-14(17)15-6-7-18-2/h4-5,8H,6-7,9H2,1-3H3,(H,15,17). The van der Waals surface area contributed by atoms with Gasteiger partial charge in [-0.2, -0.15) is 0 Å². The number of ketones is 1. The number of Topliss-reactive ketones (excluding diaryl/α,β-unsaturated/α-hetero) is 1. The quantitative estimate of drug-likeness (QED) is 0.569. The fraction of sp³-hybridized carbons (Fsp3) is 0.429. The van der Waals surface area contributed by atoms with Crippen molar-refractivity contribution in [2.24, 2.45) is 0 Å². The molecular weight excluding hydrogens is 262 g/mol. The van der Waals surface area contributed by atoms with E-state index in [1.807, 2.05) is 0 Å². The lowest BCUT2D eigenvalue weighted by atomic mass is 10.1. The SMILES string of the molecule is COCCNC(=O)COc1ccc(C(C)=O)cc1OC. The summed E-state index contributed by atoms with van der Waals surface area (Å²) in [6.07, 6.45) is 0. The second-order valence-corrected chi connectivity index (χ2v) is 4.05. The number of ether oxygens (including phenoxy) is 3. The van der Waals surface area contributed by atoms with E-state index in [1.165, 1.54) is 14.0 Å². The number of carbonyl (C=O) groups is 2. The van der Waals surface area contributed by atoms with Crippen LogP contribution in [-0.4, -0.2) is 45.7 Å². The molecule has 0 saturated carbocycles. The summed E-state index contributed by atoms with van der Waals surface area (Å²) in [5.41, 5.74) is 0.527. The van der Waals surface area contributed by atoms with Gasteiger partial charge in [-0.25, -0.2) is 0 Å². The number of hydrogen-bond donors (Lipinski definition) is 1. The van der Waals surface area contributed by atoms with Crippen LogP contribution in [0.3, 0.4) is 0 Å². The largest absolute Gasteiger partial charge is 0.493 e. The highest BCUT2D eigenvalue weighted by Crippen LogP contribution is 2.28. The molecule has 0 bridgehead atoms. The Hall–Kier alpha value is -2.08. The zero-order chi connectivity index (χ0) is 15.0. The maximum atomic E-state index is 11.5. The van der Waals surface area contributed by atoms with Crippen molar-refractivity contribution < 1.29 is 23.8 Å². The van der Waals surface area contributed by atoms with E-state index in [4.69, 9.17) is 14.2 Å². The summed E-state index contributed by atoms with van der Waals surface area (Å²) in [6, 6.07) is 4.82. The summed E-state index contributed by atoms with van der Waals surface area (Å²) >= 11 is 0. The van der Waals surface area contributed by atoms with Crippen molar-refractivity contribution in [1.82, 2.24) is 5.32 Å². The van der Waals surface area contributed by atoms with Crippen LogP contribution in [0.15, 0.2) is 18.2 Å². The van der Waals surface area contributed by atoms with E-state index >= 15 is 0 Å². The minimum Gasteiger partial charge on any atom is -0.493 e. The molecule has 1 N–H and O–H groups in total. The van der Waals surface area contributed by atoms with Gasteiger partial charge in [-0.15, -0.1) is 0 Å². The molecule has 0 heterocycles. The van der Waals surface area contributed by atoms with Crippen LogP contribution >= 0.6 is 0 Å². The van der Waals surface area contributed by atoms with Gasteiger partial charge >= 0.3 is 0 Å². The van der Waals surface area contributed by atoms with E-state index < -0.39 is 0 Å². The van der Waals surface area contributed by atoms with Gasteiger partial charge < -0.3 is 19.5 Å². The Balaban J connectivity index is 2.59. The fourth-order valence-corrected chi connectivity index (χ4v) is 1.49. The number of benzene rings is 1. The van der Waals surface area contributed by atoms with Gasteiger partial charge in [-0.3, -0.25) is 9.59 Å². The lowest BCUT2D eigenvalue weighted by molar-refractivity contribution is -0.123.